The maximum absolute atomic E-state index is 14.2. The van der Waals surface area contributed by atoms with E-state index in [0.717, 1.165) is 6.07 Å². The molecular weight excluding hydrogens is 548 g/mol. The minimum Gasteiger partial charge on any atom is -0.406 e. The van der Waals surface area contributed by atoms with E-state index in [4.69, 9.17) is 10.2 Å². The van der Waals surface area contributed by atoms with Crippen LogP contribution in [0.2, 0.25) is 18.1 Å². The van der Waals surface area contributed by atoms with Gasteiger partial charge in [-0.3, -0.25) is 20.5 Å². The number of hydrogen-bond acceptors (Lipinski definition) is 9. The molecular formula is C27H37F2N9O2Si. The first-order valence-electron chi connectivity index (χ1n) is 13.4. The van der Waals surface area contributed by atoms with E-state index in [-0.39, 0.29) is 17.6 Å². The van der Waals surface area contributed by atoms with Gasteiger partial charge < -0.3 is 15.1 Å². The van der Waals surface area contributed by atoms with Gasteiger partial charge in [-0.25, -0.2) is 13.5 Å². The monoisotopic (exact) mass is 585 g/mol. The summed E-state index contributed by atoms with van der Waals surface area (Å²) in [6.07, 6.45) is 1.61. The van der Waals surface area contributed by atoms with Crippen molar-refractivity contribution >= 4 is 42.7 Å². The van der Waals surface area contributed by atoms with Crippen LogP contribution in [0.25, 0.3) is 11.0 Å². The second-order valence-corrected chi connectivity index (χ2v) is 16.2. The van der Waals surface area contributed by atoms with Crippen LogP contribution < -0.4 is 21.5 Å². The van der Waals surface area contributed by atoms with Gasteiger partial charge in [0.15, 0.2) is 19.8 Å². The topological polar surface area (TPSA) is 126 Å². The number of hydrazine groups is 1. The van der Waals surface area contributed by atoms with Gasteiger partial charge >= 0.3 is 5.91 Å². The lowest BCUT2D eigenvalue weighted by atomic mass is 10.2. The number of amides is 1. The smallest absolute Gasteiger partial charge is 0.314 e. The molecule has 1 amide bonds. The molecule has 0 atom stereocenters. The summed E-state index contributed by atoms with van der Waals surface area (Å²) in [4.78, 5) is 24.9. The number of anilines is 3. The van der Waals surface area contributed by atoms with E-state index in [1.54, 1.807) is 10.9 Å². The third-order valence-corrected chi connectivity index (χ3v) is 12.1. The van der Waals surface area contributed by atoms with Gasteiger partial charge in [-0.1, -0.05) is 26.7 Å². The van der Waals surface area contributed by atoms with Gasteiger partial charge in [-0.05, 0) is 36.2 Å². The lowest BCUT2D eigenvalue weighted by molar-refractivity contribution is -0.115. The Hall–Kier alpha value is -3.80. The fourth-order valence-electron chi connectivity index (χ4n) is 4.11. The minimum absolute atomic E-state index is 0.0276. The molecule has 11 nitrogen and oxygen atoms in total. The molecule has 4 rings (SSSR count). The molecule has 3 heterocycles. The number of carbonyl (C=O) groups excluding carboxylic acids is 1. The highest BCUT2D eigenvalue weighted by molar-refractivity contribution is 6.74. The highest BCUT2D eigenvalue weighted by Gasteiger charge is 2.36. The van der Waals surface area contributed by atoms with Crippen LogP contribution in [0.3, 0.4) is 0 Å². The number of nitrogens with one attached hydrogen (secondary N) is 2. The number of nitrogens with zero attached hydrogens (tertiary/aromatic N) is 6. The van der Waals surface area contributed by atoms with Crippen molar-refractivity contribution in [1.29, 1.82) is 0 Å². The van der Waals surface area contributed by atoms with Crippen molar-refractivity contribution in [2.45, 2.75) is 45.4 Å². The molecule has 1 saturated heterocycles. The van der Waals surface area contributed by atoms with Crippen molar-refractivity contribution in [3.63, 3.8) is 0 Å². The molecule has 0 radical (unpaired) electrons. The van der Waals surface area contributed by atoms with E-state index in [1.807, 2.05) is 4.90 Å². The Morgan fingerprint density at radius 2 is 1.88 bits per heavy atom. The molecule has 1 aliphatic rings. The lowest BCUT2D eigenvalue weighted by Gasteiger charge is -2.36. The number of hydrogen-bond donors (Lipinski definition) is 3. The third-order valence-electron chi connectivity index (χ3n) is 7.57. The maximum Gasteiger partial charge on any atom is 0.314 e. The first-order chi connectivity index (χ1) is 19.3. The number of carbonyl (C=O) groups is 1. The van der Waals surface area contributed by atoms with Crippen molar-refractivity contribution in [2.75, 3.05) is 55.4 Å². The number of aromatic nitrogens is 4. The van der Waals surface area contributed by atoms with Gasteiger partial charge in [0.1, 0.15) is 11.6 Å². The number of benzene rings is 1. The first kappa shape index (κ1) is 30.2. The summed E-state index contributed by atoms with van der Waals surface area (Å²) >= 11 is 0. The molecule has 14 heteroatoms. The summed E-state index contributed by atoms with van der Waals surface area (Å²) in [6.45, 7) is 14.7. The highest BCUT2D eigenvalue weighted by Crippen LogP contribution is 2.36. The van der Waals surface area contributed by atoms with Crippen molar-refractivity contribution < 1.29 is 18.0 Å². The Morgan fingerprint density at radius 3 is 2.56 bits per heavy atom. The number of piperazine rings is 1. The van der Waals surface area contributed by atoms with Crippen LogP contribution in [-0.2, 0) is 15.8 Å². The van der Waals surface area contributed by atoms with Crippen LogP contribution in [-0.4, -0.2) is 78.2 Å². The van der Waals surface area contributed by atoms with Crippen LogP contribution in [0.4, 0.5) is 26.2 Å². The number of rotatable bonds is 8. The Kier molecular flexibility index (Phi) is 9.10. The summed E-state index contributed by atoms with van der Waals surface area (Å²) in [5.74, 6) is 3.93. The molecule has 0 unspecified atom stereocenters. The van der Waals surface area contributed by atoms with Crippen LogP contribution in [0.5, 0.6) is 0 Å². The first-order valence-corrected chi connectivity index (χ1v) is 16.3. The summed E-state index contributed by atoms with van der Waals surface area (Å²) in [6, 6.07) is 3.66. The third kappa shape index (κ3) is 7.49. The van der Waals surface area contributed by atoms with Crippen molar-refractivity contribution in [1.82, 2.24) is 30.1 Å². The molecule has 0 saturated carbocycles. The molecule has 1 aromatic carbocycles. The number of fused-ring (bicyclic) bond motifs is 1. The predicted molar refractivity (Wildman–Crippen MR) is 157 cm³/mol. The number of halogens is 2. The van der Waals surface area contributed by atoms with Gasteiger partial charge in [0, 0.05) is 38.8 Å². The van der Waals surface area contributed by atoms with Crippen LogP contribution in [0.1, 0.15) is 20.8 Å². The van der Waals surface area contributed by atoms with Gasteiger partial charge in [0.2, 0.25) is 5.95 Å². The van der Waals surface area contributed by atoms with Crippen LogP contribution in [0, 0.1) is 23.5 Å². The second kappa shape index (κ2) is 12.4. The van der Waals surface area contributed by atoms with E-state index in [9.17, 15) is 13.6 Å². The molecule has 1 aliphatic heterocycles. The summed E-state index contributed by atoms with van der Waals surface area (Å²) < 4.78 is 35.1. The average Bonchev–Trinajstić information content (AvgIpc) is 3.31. The van der Waals surface area contributed by atoms with E-state index in [2.05, 4.69) is 76.5 Å². The highest BCUT2D eigenvalue weighted by atomic mass is 28.4. The maximum atomic E-state index is 14.2. The van der Waals surface area contributed by atoms with Crippen molar-refractivity contribution in [3.05, 3.63) is 36.0 Å². The SMILES string of the molecule is CC(C)(C)[Si](C)(C)OCC#CC(=O)NNc1nc(N)nc2c1cnn2CCN1CCN(c2ccc(F)cc2F)CC1. The fourth-order valence-corrected chi connectivity index (χ4v) is 4.98. The lowest BCUT2D eigenvalue weighted by Crippen LogP contribution is -2.47. The molecule has 1 fully saturated rings. The molecule has 4 N–H and O–H groups in total. The summed E-state index contributed by atoms with van der Waals surface area (Å²) in [7, 11) is -1.94. The normalized spacial score (nSPS) is 14.6. The molecule has 0 bridgehead atoms. The van der Waals surface area contributed by atoms with E-state index >= 15 is 0 Å². The number of nitrogens with two attached hydrogens (primary N) is 1. The molecule has 220 valence electrons. The second-order valence-electron chi connectivity index (χ2n) is 11.4. The van der Waals surface area contributed by atoms with Gasteiger partial charge in [0.25, 0.3) is 0 Å². The molecule has 0 aliphatic carbocycles. The Balaban J connectivity index is 1.31. The minimum atomic E-state index is -1.94. The molecule has 0 spiro atoms. The molecule has 3 aromatic rings. The van der Waals surface area contributed by atoms with Crippen LogP contribution >= 0.6 is 0 Å². The molecule has 41 heavy (non-hydrogen) atoms. The average molecular weight is 586 g/mol. The van der Waals surface area contributed by atoms with Crippen molar-refractivity contribution in [3.8, 4) is 11.8 Å². The Labute approximate surface area is 239 Å². The van der Waals surface area contributed by atoms with Gasteiger partial charge in [-0.2, -0.15) is 15.1 Å². The predicted octanol–water partition coefficient (Wildman–Crippen LogP) is 2.98. The Bertz CT molecular complexity index is 1450. The van der Waals surface area contributed by atoms with E-state index < -0.39 is 25.9 Å². The quantitative estimate of drug-likeness (QED) is 0.208. The summed E-state index contributed by atoms with van der Waals surface area (Å²) in [5.41, 5.74) is 12.2. The van der Waals surface area contributed by atoms with Gasteiger partial charge in [-0.15, -0.1) is 0 Å². The van der Waals surface area contributed by atoms with Crippen molar-refractivity contribution in [2.24, 2.45) is 0 Å². The Morgan fingerprint density at radius 1 is 1.15 bits per heavy atom. The zero-order valence-electron chi connectivity index (χ0n) is 24.1. The fraction of sp³-hybridized carbons (Fsp3) is 0.481. The van der Waals surface area contributed by atoms with Gasteiger partial charge in [0.05, 0.1) is 30.4 Å². The standard InChI is InChI=1S/C27H37F2N9O2Si/c1-27(2,3)41(4,5)40-16-6-7-23(39)34-35-24-20-18-31-38(25(20)33-26(30)32-24)15-12-36-10-13-37(14-11-36)22-9-8-19(28)17-21(22)29/h8-9,17-18H,10-16H2,1-5H3,(H,34,39)(H3,30,32,33,35). The molecule has 2 aromatic heterocycles. The van der Waals surface area contributed by atoms with E-state index in [1.165, 1.54) is 12.1 Å². The zero-order chi connectivity index (χ0) is 29.8. The van der Waals surface area contributed by atoms with E-state index in [0.29, 0.717) is 61.8 Å². The van der Waals surface area contributed by atoms with Crippen LogP contribution in [0.15, 0.2) is 24.4 Å². The zero-order valence-corrected chi connectivity index (χ0v) is 25.1. The largest absolute Gasteiger partial charge is 0.406 e. The number of nitrogen functional groups attached to an aromatic ring is 1. The summed E-state index contributed by atoms with van der Waals surface area (Å²) in [5, 5.41) is 5.08.